The largest absolute Gasteiger partial charge is 0.488 e. The van der Waals surface area contributed by atoms with E-state index in [9.17, 15) is 4.79 Å². The lowest BCUT2D eigenvalue weighted by Crippen LogP contribution is -2.18. The van der Waals surface area contributed by atoms with Gasteiger partial charge in [-0.05, 0) is 35.4 Å². The maximum Gasteiger partial charge on any atom is 0.275 e. The first-order chi connectivity index (χ1) is 12.7. The number of benzene rings is 3. The standard InChI is InChI=1S/C21H17BrN2O2/c22-18-12-10-16(11-13-18)14-23-24-21(25)19-8-4-5-9-20(19)26-15-17-6-2-1-3-7-17/h1-14H,15H2,(H,24,25). The first-order valence-electron chi connectivity index (χ1n) is 8.07. The van der Waals surface area contributed by atoms with Crippen LogP contribution in [-0.4, -0.2) is 12.1 Å². The number of hydrogen-bond donors (Lipinski definition) is 1. The second kappa shape index (κ2) is 8.97. The summed E-state index contributed by atoms with van der Waals surface area (Å²) in [5.74, 6) is 0.203. The van der Waals surface area contributed by atoms with Crippen molar-refractivity contribution < 1.29 is 9.53 Å². The van der Waals surface area contributed by atoms with E-state index in [-0.39, 0.29) is 5.91 Å². The molecule has 3 aromatic rings. The van der Waals surface area contributed by atoms with Crippen molar-refractivity contribution >= 4 is 28.1 Å². The normalized spacial score (nSPS) is 10.7. The van der Waals surface area contributed by atoms with Gasteiger partial charge in [0.25, 0.3) is 5.91 Å². The Labute approximate surface area is 160 Å². The van der Waals surface area contributed by atoms with Crippen LogP contribution in [0.25, 0.3) is 0 Å². The van der Waals surface area contributed by atoms with Crippen LogP contribution in [0.4, 0.5) is 0 Å². The van der Waals surface area contributed by atoms with Gasteiger partial charge in [0.1, 0.15) is 12.4 Å². The Morgan fingerprint density at radius 3 is 2.42 bits per heavy atom. The van der Waals surface area contributed by atoms with E-state index in [1.165, 1.54) is 0 Å². The van der Waals surface area contributed by atoms with Gasteiger partial charge >= 0.3 is 0 Å². The van der Waals surface area contributed by atoms with Gasteiger partial charge in [-0.15, -0.1) is 0 Å². The van der Waals surface area contributed by atoms with Gasteiger partial charge in [0.2, 0.25) is 0 Å². The fourth-order valence-corrected chi connectivity index (χ4v) is 2.55. The molecule has 4 nitrogen and oxygen atoms in total. The van der Waals surface area contributed by atoms with Crippen LogP contribution in [0.1, 0.15) is 21.5 Å². The summed E-state index contributed by atoms with van der Waals surface area (Å²) in [6.45, 7) is 0.396. The van der Waals surface area contributed by atoms with E-state index in [0.717, 1.165) is 15.6 Å². The summed E-state index contributed by atoms with van der Waals surface area (Å²) in [6.07, 6.45) is 1.60. The van der Waals surface area contributed by atoms with Gasteiger partial charge in [0.15, 0.2) is 0 Å². The smallest absolute Gasteiger partial charge is 0.275 e. The van der Waals surface area contributed by atoms with Gasteiger partial charge in [0.05, 0.1) is 11.8 Å². The van der Waals surface area contributed by atoms with Crippen LogP contribution in [0.2, 0.25) is 0 Å². The molecule has 5 heteroatoms. The van der Waals surface area contributed by atoms with Crippen molar-refractivity contribution in [3.05, 3.63) is 100 Å². The summed E-state index contributed by atoms with van der Waals surface area (Å²) >= 11 is 3.38. The van der Waals surface area contributed by atoms with Gasteiger partial charge < -0.3 is 4.74 Å². The lowest BCUT2D eigenvalue weighted by atomic mass is 10.2. The predicted molar refractivity (Wildman–Crippen MR) is 106 cm³/mol. The van der Waals surface area contributed by atoms with Crippen LogP contribution < -0.4 is 10.2 Å². The van der Waals surface area contributed by atoms with E-state index < -0.39 is 0 Å². The van der Waals surface area contributed by atoms with Crippen molar-refractivity contribution in [3.63, 3.8) is 0 Å². The number of para-hydroxylation sites is 1. The molecule has 0 aliphatic heterocycles. The molecule has 0 aromatic heterocycles. The molecule has 0 radical (unpaired) electrons. The number of nitrogens with one attached hydrogen (secondary N) is 1. The third-order valence-electron chi connectivity index (χ3n) is 3.62. The minimum absolute atomic E-state index is 0.318. The molecule has 0 saturated carbocycles. The Morgan fingerprint density at radius 1 is 0.962 bits per heavy atom. The molecule has 1 N–H and O–H groups in total. The van der Waals surface area contributed by atoms with E-state index in [0.29, 0.717) is 17.9 Å². The Bertz CT molecular complexity index is 893. The van der Waals surface area contributed by atoms with Gasteiger partial charge in [0, 0.05) is 4.47 Å². The topological polar surface area (TPSA) is 50.7 Å². The number of ether oxygens (including phenoxy) is 1. The molecule has 3 aromatic carbocycles. The highest BCUT2D eigenvalue weighted by Crippen LogP contribution is 2.19. The second-order valence-electron chi connectivity index (χ2n) is 5.52. The quantitative estimate of drug-likeness (QED) is 0.470. The molecule has 0 spiro atoms. The molecule has 0 saturated heterocycles. The van der Waals surface area contributed by atoms with Crippen molar-refractivity contribution in [1.82, 2.24) is 5.43 Å². The number of nitrogens with zero attached hydrogens (tertiary/aromatic N) is 1. The van der Waals surface area contributed by atoms with Crippen LogP contribution in [0, 0.1) is 0 Å². The Balaban J connectivity index is 1.64. The fraction of sp³-hybridized carbons (Fsp3) is 0.0476. The van der Waals surface area contributed by atoms with Crippen molar-refractivity contribution in [2.45, 2.75) is 6.61 Å². The summed E-state index contributed by atoms with van der Waals surface area (Å²) in [4.78, 5) is 12.4. The number of hydrazone groups is 1. The molecular weight excluding hydrogens is 392 g/mol. The first-order valence-corrected chi connectivity index (χ1v) is 8.86. The number of hydrogen-bond acceptors (Lipinski definition) is 3. The van der Waals surface area contributed by atoms with Gasteiger partial charge in [-0.25, -0.2) is 5.43 Å². The molecule has 0 unspecified atom stereocenters. The van der Waals surface area contributed by atoms with Crippen molar-refractivity contribution in [2.24, 2.45) is 5.10 Å². The molecule has 130 valence electrons. The summed E-state index contributed by atoms with van der Waals surface area (Å²) in [5.41, 5.74) is 4.91. The highest BCUT2D eigenvalue weighted by Gasteiger charge is 2.11. The van der Waals surface area contributed by atoms with Gasteiger partial charge in [-0.2, -0.15) is 5.10 Å². The molecule has 26 heavy (non-hydrogen) atoms. The minimum atomic E-state index is -0.318. The maximum atomic E-state index is 12.4. The third kappa shape index (κ3) is 5.04. The zero-order valence-electron chi connectivity index (χ0n) is 13.9. The van der Waals surface area contributed by atoms with Crippen molar-refractivity contribution in [2.75, 3.05) is 0 Å². The molecule has 0 atom stereocenters. The van der Waals surface area contributed by atoms with E-state index in [4.69, 9.17) is 4.74 Å². The Morgan fingerprint density at radius 2 is 1.65 bits per heavy atom. The average molecular weight is 409 g/mol. The summed E-state index contributed by atoms with van der Waals surface area (Å²) in [7, 11) is 0. The lowest BCUT2D eigenvalue weighted by molar-refractivity contribution is 0.0950. The predicted octanol–water partition coefficient (Wildman–Crippen LogP) is 4.79. The SMILES string of the molecule is O=C(NN=Cc1ccc(Br)cc1)c1ccccc1OCc1ccccc1. The zero-order valence-corrected chi connectivity index (χ0v) is 15.5. The number of rotatable bonds is 6. The van der Waals surface area contributed by atoms with Crippen LogP contribution in [0.15, 0.2) is 88.4 Å². The van der Waals surface area contributed by atoms with Crippen LogP contribution in [0.5, 0.6) is 5.75 Å². The van der Waals surface area contributed by atoms with E-state index in [1.807, 2.05) is 60.7 Å². The number of amides is 1. The summed E-state index contributed by atoms with van der Waals surface area (Å²) in [5, 5.41) is 4.01. The van der Waals surface area contributed by atoms with E-state index in [2.05, 4.69) is 26.5 Å². The van der Waals surface area contributed by atoms with E-state index >= 15 is 0 Å². The maximum absolute atomic E-state index is 12.4. The number of halogens is 1. The first kappa shape index (κ1) is 17.9. The molecule has 0 aliphatic rings. The molecule has 0 heterocycles. The number of carbonyl (C=O) groups excluding carboxylic acids is 1. The number of carbonyl (C=O) groups is 1. The van der Waals surface area contributed by atoms with Crippen molar-refractivity contribution in [3.8, 4) is 5.75 Å². The molecular formula is C21H17BrN2O2. The molecule has 3 rings (SSSR count). The fourth-order valence-electron chi connectivity index (χ4n) is 2.29. The van der Waals surface area contributed by atoms with Crippen LogP contribution in [-0.2, 0) is 6.61 Å². The van der Waals surface area contributed by atoms with Gasteiger partial charge in [-0.1, -0.05) is 70.5 Å². The highest BCUT2D eigenvalue weighted by atomic mass is 79.9. The zero-order chi connectivity index (χ0) is 18.2. The summed E-state index contributed by atoms with van der Waals surface area (Å²) in [6, 6.07) is 24.6. The third-order valence-corrected chi connectivity index (χ3v) is 4.15. The van der Waals surface area contributed by atoms with E-state index in [1.54, 1.807) is 24.4 Å². The van der Waals surface area contributed by atoms with Crippen LogP contribution >= 0.6 is 15.9 Å². The highest BCUT2D eigenvalue weighted by molar-refractivity contribution is 9.10. The second-order valence-corrected chi connectivity index (χ2v) is 6.44. The lowest BCUT2D eigenvalue weighted by Gasteiger charge is -2.10. The van der Waals surface area contributed by atoms with Crippen LogP contribution in [0.3, 0.4) is 0 Å². The molecule has 1 amide bonds. The monoisotopic (exact) mass is 408 g/mol. The molecule has 0 aliphatic carbocycles. The Kier molecular flexibility index (Phi) is 6.17. The molecule has 0 bridgehead atoms. The Hall–Kier alpha value is -2.92. The minimum Gasteiger partial charge on any atom is -0.488 e. The van der Waals surface area contributed by atoms with Gasteiger partial charge in [-0.3, -0.25) is 4.79 Å². The average Bonchev–Trinajstić information content (AvgIpc) is 2.69. The van der Waals surface area contributed by atoms with Crippen molar-refractivity contribution in [1.29, 1.82) is 0 Å². The summed E-state index contributed by atoms with van der Waals surface area (Å²) < 4.78 is 6.79. The molecule has 0 fully saturated rings.